The van der Waals surface area contributed by atoms with Crippen molar-refractivity contribution >= 4 is 5.97 Å². The second-order valence-corrected chi connectivity index (χ2v) is 4.01. The number of hydrogen-bond acceptors (Lipinski definition) is 8. The average molecular weight is 290 g/mol. The molecule has 0 aromatic carbocycles. The van der Waals surface area contributed by atoms with E-state index in [2.05, 4.69) is 11.7 Å². The highest BCUT2D eigenvalue weighted by Gasteiger charge is 2.38. The Hall–Kier alpha value is -1.24. The van der Waals surface area contributed by atoms with E-state index in [0.717, 1.165) is 0 Å². The highest BCUT2D eigenvalue weighted by atomic mass is 16.5. The summed E-state index contributed by atoms with van der Waals surface area (Å²) in [5.41, 5.74) is 4.93. The lowest BCUT2D eigenvalue weighted by molar-refractivity contribution is -0.157. The molecule has 0 fully saturated rings. The summed E-state index contributed by atoms with van der Waals surface area (Å²) in [7, 11) is 3.14. The third kappa shape index (κ3) is 8.04. The van der Waals surface area contributed by atoms with Crippen molar-refractivity contribution in [3.05, 3.63) is 0 Å². The maximum Gasteiger partial charge on any atom is 0.313 e. The molecule has 0 aromatic heterocycles. The topological polar surface area (TPSA) is 147 Å². The second kappa shape index (κ2) is 14.2. The van der Waals surface area contributed by atoms with Crippen LogP contribution in [0.1, 0.15) is 19.3 Å². The molecule has 6 N–H and O–H groups in total. The van der Waals surface area contributed by atoms with Crippen molar-refractivity contribution in [2.45, 2.75) is 19.3 Å². The van der Waals surface area contributed by atoms with E-state index in [1.165, 1.54) is 0 Å². The Bertz CT molecular complexity index is 273. The normalized spacial score (nSPS) is 10.2. The van der Waals surface area contributed by atoms with Crippen LogP contribution in [0.15, 0.2) is 0 Å². The molecule has 0 aromatic rings. The van der Waals surface area contributed by atoms with Crippen LogP contribution in [0.4, 0.5) is 0 Å². The van der Waals surface area contributed by atoms with Gasteiger partial charge < -0.3 is 19.9 Å². The Labute approximate surface area is 120 Å². The Morgan fingerprint density at radius 3 is 2.00 bits per heavy atom. The first-order valence-electron chi connectivity index (χ1n) is 6.22. The summed E-state index contributed by atoms with van der Waals surface area (Å²) in [4.78, 5) is 12.1. The molecule has 8 nitrogen and oxygen atoms in total. The zero-order valence-electron chi connectivity index (χ0n) is 12.3. The van der Waals surface area contributed by atoms with Gasteiger partial charge in [-0.1, -0.05) is 0 Å². The molecule has 0 unspecified atom stereocenters. The fourth-order valence-electron chi connectivity index (χ4n) is 1.55. The van der Waals surface area contributed by atoms with E-state index < -0.39 is 5.41 Å². The molecule has 20 heavy (non-hydrogen) atoms. The van der Waals surface area contributed by atoms with Gasteiger partial charge >= 0.3 is 5.97 Å². The van der Waals surface area contributed by atoms with Gasteiger partial charge in [-0.25, -0.2) is 0 Å². The molecular formula is C12H26N4O4. The standard InChI is InChI=1S/C12H22N2O4.H4N2/c1-16-8-4-12(10-14,5-9-17-2)11(15)18-7-3-6-13;1-2/h3-5,7-10,14H2,1-2H3;1-2H2. The Balaban J connectivity index is 0. The van der Waals surface area contributed by atoms with Gasteiger partial charge in [-0.3, -0.25) is 16.5 Å². The van der Waals surface area contributed by atoms with Crippen molar-refractivity contribution in [2.24, 2.45) is 22.8 Å². The summed E-state index contributed by atoms with van der Waals surface area (Å²) in [5.74, 6) is 7.62. The van der Waals surface area contributed by atoms with Crippen molar-refractivity contribution < 1.29 is 19.0 Å². The van der Waals surface area contributed by atoms with Crippen LogP contribution < -0.4 is 17.4 Å². The van der Waals surface area contributed by atoms with Crippen LogP contribution in [0.3, 0.4) is 0 Å². The minimum absolute atomic E-state index is 0.0943. The number of ether oxygens (including phenoxy) is 3. The molecule has 0 aliphatic rings. The Morgan fingerprint density at radius 1 is 1.15 bits per heavy atom. The van der Waals surface area contributed by atoms with Crippen LogP contribution in [0, 0.1) is 16.7 Å². The fourth-order valence-corrected chi connectivity index (χ4v) is 1.55. The fraction of sp³-hybridized carbons (Fsp3) is 0.833. The molecule has 0 amide bonds. The summed E-state index contributed by atoms with van der Waals surface area (Å²) < 4.78 is 15.1. The van der Waals surface area contributed by atoms with Crippen molar-refractivity contribution in [3.63, 3.8) is 0 Å². The highest BCUT2D eigenvalue weighted by molar-refractivity contribution is 5.77. The van der Waals surface area contributed by atoms with E-state index in [0.29, 0.717) is 26.1 Å². The van der Waals surface area contributed by atoms with E-state index in [1.54, 1.807) is 14.2 Å². The molecule has 8 heteroatoms. The predicted molar refractivity (Wildman–Crippen MR) is 74.0 cm³/mol. The number of carbonyl (C=O) groups is 1. The second-order valence-electron chi connectivity index (χ2n) is 4.01. The molecule has 0 aliphatic heterocycles. The number of nitrogens with zero attached hydrogens (tertiary/aromatic N) is 1. The first-order valence-corrected chi connectivity index (χ1v) is 6.22. The molecule has 0 saturated heterocycles. The van der Waals surface area contributed by atoms with Crippen LogP contribution in [0.25, 0.3) is 0 Å². The van der Waals surface area contributed by atoms with Crippen molar-refractivity contribution in [1.82, 2.24) is 0 Å². The first-order chi connectivity index (χ1) is 9.66. The average Bonchev–Trinajstić information content (AvgIpc) is 2.50. The van der Waals surface area contributed by atoms with Crippen LogP contribution in [0.2, 0.25) is 0 Å². The quantitative estimate of drug-likeness (QED) is 0.207. The number of hydrazine groups is 1. The minimum atomic E-state index is -0.790. The summed E-state index contributed by atoms with van der Waals surface area (Å²) in [6.07, 6.45) is 1.14. The molecule has 0 spiro atoms. The summed E-state index contributed by atoms with van der Waals surface area (Å²) in [5, 5.41) is 8.42. The van der Waals surface area contributed by atoms with E-state index in [1.807, 2.05) is 6.07 Å². The van der Waals surface area contributed by atoms with Gasteiger partial charge in [-0.05, 0) is 12.8 Å². The van der Waals surface area contributed by atoms with E-state index in [9.17, 15) is 4.79 Å². The number of nitriles is 1. The Morgan fingerprint density at radius 2 is 1.65 bits per heavy atom. The highest BCUT2D eigenvalue weighted by Crippen LogP contribution is 2.27. The van der Waals surface area contributed by atoms with Gasteiger partial charge in [-0.2, -0.15) is 5.26 Å². The first kappa shape index (κ1) is 21.1. The molecule has 0 rings (SSSR count). The molecular weight excluding hydrogens is 264 g/mol. The van der Waals surface area contributed by atoms with Gasteiger partial charge in [0.15, 0.2) is 0 Å². The minimum Gasteiger partial charge on any atom is -0.464 e. The molecule has 0 aliphatic carbocycles. The van der Waals surface area contributed by atoms with Crippen LogP contribution in [-0.2, 0) is 19.0 Å². The van der Waals surface area contributed by atoms with Crippen molar-refractivity contribution in [3.8, 4) is 6.07 Å². The lowest BCUT2D eigenvalue weighted by Gasteiger charge is -2.29. The van der Waals surface area contributed by atoms with Gasteiger partial charge in [0.2, 0.25) is 0 Å². The van der Waals surface area contributed by atoms with E-state index in [-0.39, 0.29) is 25.5 Å². The van der Waals surface area contributed by atoms with Gasteiger partial charge in [-0.15, -0.1) is 0 Å². The van der Waals surface area contributed by atoms with Gasteiger partial charge in [0.1, 0.15) is 6.61 Å². The number of methoxy groups -OCH3 is 2. The number of carbonyl (C=O) groups excluding carboxylic acids is 1. The van der Waals surface area contributed by atoms with Gasteiger partial charge in [0.25, 0.3) is 0 Å². The maximum absolute atomic E-state index is 12.1. The van der Waals surface area contributed by atoms with Crippen LogP contribution >= 0.6 is 0 Å². The molecule has 0 bridgehead atoms. The molecule has 0 saturated carbocycles. The van der Waals surface area contributed by atoms with Crippen LogP contribution in [-0.4, -0.2) is 46.6 Å². The smallest absolute Gasteiger partial charge is 0.313 e. The Kier molecular flexibility index (Phi) is 14.9. The number of nitrogens with two attached hydrogens (primary N) is 3. The van der Waals surface area contributed by atoms with E-state index >= 15 is 0 Å². The zero-order chi connectivity index (χ0) is 15.9. The molecule has 118 valence electrons. The maximum atomic E-state index is 12.1. The summed E-state index contributed by atoms with van der Waals surface area (Å²) in [6, 6.07) is 1.92. The van der Waals surface area contributed by atoms with E-state index in [4.69, 9.17) is 25.2 Å². The van der Waals surface area contributed by atoms with Gasteiger partial charge in [0, 0.05) is 34.0 Å². The van der Waals surface area contributed by atoms with Crippen molar-refractivity contribution in [2.75, 3.05) is 40.6 Å². The van der Waals surface area contributed by atoms with Gasteiger partial charge in [0.05, 0.1) is 17.9 Å². The monoisotopic (exact) mass is 290 g/mol. The lowest BCUT2D eigenvalue weighted by Crippen LogP contribution is -2.42. The zero-order valence-corrected chi connectivity index (χ0v) is 12.3. The SMILES string of the molecule is COCCC(CN)(CCOC)C(=O)OCCC#N.NN. The number of rotatable bonds is 10. The summed E-state index contributed by atoms with van der Waals surface area (Å²) >= 11 is 0. The predicted octanol–water partition coefficient (Wildman–Crippen LogP) is -0.720. The summed E-state index contributed by atoms with van der Waals surface area (Å²) in [6.45, 7) is 1.12. The molecule has 0 atom stereocenters. The third-order valence-electron chi connectivity index (χ3n) is 2.84. The van der Waals surface area contributed by atoms with Crippen LogP contribution in [0.5, 0.6) is 0 Å². The largest absolute Gasteiger partial charge is 0.464 e. The van der Waals surface area contributed by atoms with Crippen molar-refractivity contribution in [1.29, 1.82) is 5.26 Å². The third-order valence-corrected chi connectivity index (χ3v) is 2.84. The molecule has 0 radical (unpaired) electrons. The molecule has 0 heterocycles. The lowest BCUT2D eigenvalue weighted by atomic mass is 9.81. The number of hydrogen-bond donors (Lipinski definition) is 3. The number of esters is 1.